The highest BCUT2D eigenvalue weighted by molar-refractivity contribution is 4.93. The quantitative estimate of drug-likeness (QED) is 0.665. The van der Waals surface area contributed by atoms with E-state index in [1.807, 2.05) is 0 Å². The molecule has 0 aromatic heterocycles. The van der Waals surface area contributed by atoms with Gasteiger partial charge in [-0.05, 0) is 26.7 Å². The second-order valence-electron chi connectivity index (χ2n) is 2.92. The summed E-state index contributed by atoms with van der Waals surface area (Å²) in [6.45, 7) is 3.61. The summed E-state index contributed by atoms with van der Waals surface area (Å²) < 4.78 is 35.1. The Hall–Kier alpha value is -0.510. The van der Waals surface area contributed by atoms with Gasteiger partial charge in [-0.2, -0.15) is 13.2 Å². The average Bonchev–Trinajstić information content (AvgIpc) is 1.84. The zero-order valence-electron chi connectivity index (χ0n) is 7.15. The fourth-order valence-electron chi connectivity index (χ4n) is 0.694. The average molecular weight is 182 g/mol. The van der Waals surface area contributed by atoms with Crippen molar-refractivity contribution in [1.29, 1.82) is 0 Å². The Morgan fingerprint density at radius 1 is 1.42 bits per heavy atom. The molecule has 0 aromatic carbocycles. The first-order chi connectivity index (χ1) is 5.34. The van der Waals surface area contributed by atoms with Crippen molar-refractivity contribution in [1.82, 2.24) is 0 Å². The van der Waals surface area contributed by atoms with Crippen LogP contribution in [0.2, 0.25) is 0 Å². The topological polar surface area (TPSA) is 20.2 Å². The van der Waals surface area contributed by atoms with E-state index in [2.05, 4.69) is 0 Å². The molecule has 0 aliphatic heterocycles. The molecule has 72 valence electrons. The number of hydrogen-bond acceptors (Lipinski definition) is 1. The van der Waals surface area contributed by atoms with Gasteiger partial charge in [-0.25, -0.2) is 0 Å². The minimum Gasteiger partial charge on any atom is -0.384 e. The molecule has 0 fully saturated rings. The number of hydrogen-bond donors (Lipinski definition) is 1. The van der Waals surface area contributed by atoms with Crippen LogP contribution in [0.25, 0.3) is 0 Å². The molecule has 4 heteroatoms. The summed E-state index contributed by atoms with van der Waals surface area (Å²) in [6.07, 6.45) is -4.98. The summed E-state index contributed by atoms with van der Waals surface area (Å²) in [5.74, 6) is 0. The van der Waals surface area contributed by atoms with Gasteiger partial charge < -0.3 is 5.11 Å². The van der Waals surface area contributed by atoms with Gasteiger partial charge in [0.05, 0.1) is 0 Å². The van der Waals surface area contributed by atoms with E-state index in [9.17, 15) is 13.2 Å². The Kier molecular flexibility index (Phi) is 4.31. The van der Waals surface area contributed by atoms with E-state index in [0.29, 0.717) is 0 Å². The Morgan fingerprint density at radius 2 is 1.92 bits per heavy atom. The number of alkyl halides is 3. The van der Waals surface area contributed by atoms with Crippen LogP contribution in [0.15, 0.2) is 11.6 Å². The lowest BCUT2D eigenvalue weighted by Crippen LogP contribution is -2.27. The van der Waals surface area contributed by atoms with Crippen LogP contribution in [-0.2, 0) is 0 Å². The zero-order chi connectivity index (χ0) is 9.78. The van der Waals surface area contributed by atoms with E-state index in [1.54, 1.807) is 19.9 Å². The fourth-order valence-corrected chi connectivity index (χ4v) is 0.694. The van der Waals surface area contributed by atoms with Crippen LogP contribution >= 0.6 is 0 Å². The Balaban J connectivity index is 3.73. The number of rotatable bonds is 3. The van der Waals surface area contributed by atoms with E-state index in [-0.39, 0.29) is 12.8 Å². The molecule has 1 N–H and O–H groups in total. The molecular weight excluding hydrogens is 169 g/mol. The third-order valence-electron chi connectivity index (χ3n) is 1.37. The van der Waals surface area contributed by atoms with Gasteiger partial charge in [-0.15, -0.1) is 0 Å². The SMILES string of the molecule is CC(C)=CCC[C@@H](O)C(F)(F)F. The van der Waals surface area contributed by atoms with Gasteiger partial charge in [0.1, 0.15) is 6.10 Å². The lowest BCUT2D eigenvalue weighted by molar-refractivity contribution is -0.205. The molecule has 0 rings (SSSR count). The molecule has 0 aliphatic carbocycles. The Labute approximate surface area is 69.9 Å². The minimum absolute atomic E-state index is 0.255. The van der Waals surface area contributed by atoms with E-state index in [4.69, 9.17) is 5.11 Å². The fraction of sp³-hybridized carbons (Fsp3) is 0.750. The van der Waals surface area contributed by atoms with Crippen LogP contribution in [0, 0.1) is 0 Å². The predicted molar refractivity (Wildman–Crippen MR) is 40.7 cm³/mol. The highest BCUT2D eigenvalue weighted by Gasteiger charge is 2.37. The molecule has 0 radical (unpaired) electrons. The van der Waals surface area contributed by atoms with Crippen LogP contribution in [0.1, 0.15) is 26.7 Å². The van der Waals surface area contributed by atoms with Crippen LogP contribution in [-0.4, -0.2) is 17.4 Å². The zero-order valence-corrected chi connectivity index (χ0v) is 7.15. The first-order valence-electron chi connectivity index (χ1n) is 3.72. The second kappa shape index (κ2) is 4.50. The number of aliphatic hydroxyl groups is 1. The number of halogens is 3. The van der Waals surface area contributed by atoms with E-state index >= 15 is 0 Å². The van der Waals surface area contributed by atoms with Gasteiger partial charge >= 0.3 is 6.18 Å². The number of allylic oxidation sites excluding steroid dienone is 2. The first-order valence-corrected chi connectivity index (χ1v) is 3.72. The molecule has 0 saturated heterocycles. The molecule has 0 unspecified atom stereocenters. The lowest BCUT2D eigenvalue weighted by Gasteiger charge is -2.12. The van der Waals surface area contributed by atoms with E-state index < -0.39 is 12.3 Å². The van der Waals surface area contributed by atoms with Crippen molar-refractivity contribution < 1.29 is 18.3 Å². The molecule has 0 aromatic rings. The van der Waals surface area contributed by atoms with Crippen LogP contribution in [0.3, 0.4) is 0 Å². The monoisotopic (exact) mass is 182 g/mol. The van der Waals surface area contributed by atoms with Gasteiger partial charge in [0.25, 0.3) is 0 Å². The standard InChI is InChI=1S/C8H13F3O/c1-6(2)4-3-5-7(12)8(9,10)11/h4,7,12H,3,5H2,1-2H3/t7-/m1/s1. The highest BCUT2D eigenvalue weighted by atomic mass is 19.4. The first kappa shape index (κ1) is 11.5. The Morgan fingerprint density at radius 3 is 2.25 bits per heavy atom. The Bertz CT molecular complexity index is 156. The van der Waals surface area contributed by atoms with Crippen molar-refractivity contribution in [2.24, 2.45) is 0 Å². The predicted octanol–water partition coefficient (Wildman–Crippen LogP) is 2.66. The maximum atomic E-state index is 11.7. The van der Waals surface area contributed by atoms with E-state index in [0.717, 1.165) is 5.57 Å². The molecule has 1 nitrogen and oxygen atoms in total. The van der Waals surface area contributed by atoms with Crippen LogP contribution < -0.4 is 0 Å². The van der Waals surface area contributed by atoms with Gasteiger partial charge in [-0.3, -0.25) is 0 Å². The number of aliphatic hydroxyl groups excluding tert-OH is 1. The molecule has 0 spiro atoms. The maximum absolute atomic E-state index is 11.7. The minimum atomic E-state index is -4.48. The molecule has 0 amide bonds. The molecule has 12 heavy (non-hydrogen) atoms. The molecule has 0 aliphatic rings. The molecule has 1 atom stereocenters. The van der Waals surface area contributed by atoms with Gasteiger partial charge in [0.15, 0.2) is 0 Å². The van der Waals surface area contributed by atoms with Crippen molar-refractivity contribution >= 4 is 0 Å². The molecule has 0 bridgehead atoms. The summed E-state index contributed by atoms with van der Waals surface area (Å²) in [7, 11) is 0. The summed E-state index contributed by atoms with van der Waals surface area (Å²) in [4.78, 5) is 0. The smallest absolute Gasteiger partial charge is 0.384 e. The third-order valence-corrected chi connectivity index (χ3v) is 1.37. The summed E-state index contributed by atoms with van der Waals surface area (Å²) >= 11 is 0. The van der Waals surface area contributed by atoms with Crippen LogP contribution in [0.5, 0.6) is 0 Å². The van der Waals surface area contributed by atoms with Crippen molar-refractivity contribution in [3.05, 3.63) is 11.6 Å². The van der Waals surface area contributed by atoms with Crippen molar-refractivity contribution in [3.8, 4) is 0 Å². The van der Waals surface area contributed by atoms with Gasteiger partial charge in [-0.1, -0.05) is 11.6 Å². The molecule has 0 saturated carbocycles. The largest absolute Gasteiger partial charge is 0.414 e. The van der Waals surface area contributed by atoms with Crippen molar-refractivity contribution in [3.63, 3.8) is 0 Å². The molecule has 0 heterocycles. The van der Waals surface area contributed by atoms with Gasteiger partial charge in [0.2, 0.25) is 0 Å². The summed E-state index contributed by atoms with van der Waals surface area (Å²) in [6, 6.07) is 0. The van der Waals surface area contributed by atoms with Crippen molar-refractivity contribution in [2.45, 2.75) is 39.0 Å². The van der Waals surface area contributed by atoms with E-state index in [1.165, 1.54) is 0 Å². The maximum Gasteiger partial charge on any atom is 0.414 e. The second-order valence-corrected chi connectivity index (χ2v) is 2.92. The summed E-state index contributed by atoms with van der Waals surface area (Å²) in [5, 5.41) is 8.54. The van der Waals surface area contributed by atoms with Gasteiger partial charge in [0, 0.05) is 0 Å². The van der Waals surface area contributed by atoms with Crippen LogP contribution in [0.4, 0.5) is 13.2 Å². The summed E-state index contributed by atoms with van der Waals surface area (Å²) in [5.41, 5.74) is 0.962. The van der Waals surface area contributed by atoms with Crippen molar-refractivity contribution in [2.75, 3.05) is 0 Å². The molecular formula is C8H13F3O. The highest BCUT2D eigenvalue weighted by Crippen LogP contribution is 2.23. The normalized spacial score (nSPS) is 14.2. The lowest BCUT2D eigenvalue weighted by atomic mass is 10.1. The third kappa shape index (κ3) is 5.18.